The Morgan fingerprint density at radius 2 is 1.83 bits per heavy atom. The van der Waals surface area contributed by atoms with Crippen LogP contribution in [-0.2, 0) is 6.54 Å². The van der Waals surface area contributed by atoms with Gasteiger partial charge >= 0.3 is 5.69 Å². The van der Waals surface area contributed by atoms with Crippen LogP contribution in [-0.4, -0.2) is 9.55 Å². The van der Waals surface area contributed by atoms with E-state index in [0.29, 0.717) is 0 Å². The fourth-order valence-corrected chi connectivity index (χ4v) is 3.03. The predicted molar refractivity (Wildman–Crippen MR) is 105 cm³/mol. The molecule has 3 rings (SSSR count). The summed E-state index contributed by atoms with van der Waals surface area (Å²) in [4.78, 5) is 25.3. The van der Waals surface area contributed by atoms with Crippen LogP contribution in [0.25, 0.3) is 0 Å². The zero-order valence-corrected chi connectivity index (χ0v) is 16.7. The second kappa shape index (κ2) is 8.31. The highest BCUT2D eigenvalue weighted by atomic mass is 79.9. The maximum absolute atomic E-state index is 15.1. The average Bonchev–Trinajstić information content (AvgIpc) is 2.70. The minimum atomic E-state index is -0.769. The molecule has 0 aliphatic heterocycles. The molecule has 7 nitrogen and oxygen atoms in total. The summed E-state index contributed by atoms with van der Waals surface area (Å²) < 4.78 is 22.0. The van der Waals surface area contributed by atoms with Crippen molar-refractivity contribution in [2.45, 2.75) is 6.54 Å². The Kier molecular flexibility index (Phi) is 5.83. The number of halogens is 3. The molecule has 0 spiro atoms. The first-order valence-corrected chi connectivity index (χ1v) is 9.08. The summed E-state index contributed by atoms with van der Waals surface area (Å²) in [6.45, 7) is -0.216. The van der Waals surface area contributed by atoms with Crippen LogP contribution in [0.1, 0.15) is 16.7 Å². The number of hydrogen-bond acceptors (Lipinski definition) is 5. The monoisotopic (exact) mass is 474 g/mol. The number of nitrogens with zero attached hydrogens (tertiary/aromatic N) is 3. The van der Waals surface area contributed by atoms with Crippen molar-refractivity contribution in [2.75, 3.05) is 0 Å². The molecule has 0 bridgehead atoms. The lowest BCUT2D eigenvalue weighted by Crippen LogP contribution is -2.30. The van der Waals surface area contributed by atoms with Gasteiger partial charge in [-0.1, -0.05) is 17.7 Å². The molecule has 29 heavy (non-hydrogen) atoms. The lowest BCUT2D eigenvalue weighted by atomic mass is 10.1. The Labute approximate surface area is 176 Å². The summed E-state index contributed by atoms with van der Waals surface area (Å²) in [6.07, 6.45) is 1.11. The van der Waals surface area contributed by atoms with Gasteiger partial charge in [-0.15, -0.1) is 0 Å². The van der Waals surface area contributed by atoms with Gasteiger partial charge < -0.3 is 4.74 Å². The number of aromatic amines is 1. The molecule has 2 aromatic carbocycles. The van der Waals surface area contributed by atoms with Gasteiger partial charge in [0.05, 0.1) is 34.3 Å². The first-order chi connectivity index (χ1) is 13.8. The van der Waals surface area contributed by atoms with Crippen molar-refractivity contribution in [1.82, 2.24) is 9.55 Å². The third-order valence-corrected chi connectivity index (χ3v) is 4.72. The van der Waals surface area contributed by atoms with Crippen LogP contribution < -0.4 is 16.0 Å². The van der Waals surface area contributed by atoms with Crippen LogP contribution in [0.15, 0.2) is 50.6 Å². The first kappa shape index (κ1) is 20.3. The van der Waals surface area contributed by atoms with Crippen LogP contribution in [0.4, 0.5) is 4.39 Å². The smallest absolute Gasteiger partial charge is 0.328 e. The Morgan fingerprint density at radius 1 is 1.17 bits per heavy atom. The molecule has 0 aliphatic rings. The van der Waals surface area contributed by atoms with E-state index in [2.05, 4.69) is 15.9 Å². The third-order valence-electron chi connectivity index (χ3n) is 3.82. The molecule has 1 heterocycles. The molecule has 0 aliphatic carbocycles. The zero-order valence-electron chi connectivity index (χ0n) is 14.4. The molecule has 3 aromatic rings. The Hall–Kier alpha value is -3.40. The number of rotatable bonds is 4. The molecular formula is C19H9BrClFN4O3. The molecule has 0 atom stereocenters. The summed E-state index contributed by atoms with van der Waals surface area (Å²) in [5.41, 5.74) is -1.03. The fraction of sp³-hybridized carbons (Fsp3) is 0.0526. The predicted octanol–water partition coefficient (Wildman–Crippen LogP) is 3.68. The largest absolute Gasteiger partial charge is 0.453 e. The van der Waals surface area contributed by atoms with E-state index >= 15 is 4.39 Å². The minimum Gasteiger partial charge on any atom is -0.453 e. The van der Waals surface area contributed by atoms with Crippen LogP contribution in [0, 0.1) is 28.5 Å². The molecule has 1 aromatic heterocycles. The number of nitriles is 2. The fourth-order valence-electron chi connectivity index (χ4n) is 2.48. The Morgan fingerprint density at radius 3 is 2.45 bits per heavy atom. The van der Waals surface area contributed by atoms with Crippen molar-refractivity contribution in [2.24, 2.45) is 0 Å². The molecule has 144 valence electrons. The van der Waals surface area contributed by atoms with Crippen molar-refractivity contribution in [3.05, 3.63) is 89.4 Å². The number of hydrogen-bond donors (Lipinski definition) is 1. The minimum absolute atomic E-state index is 0.0883. The Balaban J connectivity index is 2.02. The van der Waals surface area contributed by atoms with Gasteiger partial charge in [-0.05, 0) is 40.2 Å². The van der Waals surface area contributed by atoms with E-state index in [1.165, 1.54) is 30.3 Å². The van der Waals surface area contributed by atoms with E-state index in [-0.39, 0.29) is 44.2 Å². The molecule has 0 fully saturated rings. The first-order valence-electron chi connectivity index (χ1n) is 7.91. The van der Waals surface area contributed by atoms with Gasteiger partial charge in [0.1, 0.15) is 10.8 Å². The maximum Gasteiger partial charge on any atom is 0.328 e. The van der Waals surface area contributed by atoms with Crippen molar-refractivity contribution in [3.63, 3.8) is 0 Å². The third kappa shape index (κ3) is 4.37. The summed E-state index contributed by atoms with van der Waals surface area (Å²) in [5, 5.41) is 17.9. The Bertz CT molecular complexity index is 1290. The van der Waals surface area contributed by atoms with E-state index in [0.717, 1.165) is 10.8 Å². The normalized spacial score (nSPS) is 10.2. The highest BCUT2D eigenvalue weighted by molar-refractivity contribution is 9.10. The summed E-state index contributed by atoms with van der Waals surface area (Å²) in [5.74, 6) is -0.860. The van der Waals surface area contributed by atoms with Gasteiger partial charge in [0, 0.05) is 11.8 Å². The van der Waals surface area contributed by atoms with Crippen LogP contribution in [0.3, 0.4) is 0 Å². The summed E-state index contributed by atoms with van der Waals surface area (Å²) in [7, 11) is 0. The zero-order chi connectivity index (χ0) is 21.1. The topological polar surface area (TPSA) is 112 Å². The highest BCUT2D eigenvalue weighted by Crippen LogP contribution is 2.35. The molecule has 0 unspecified atom stereocenters. The number of aromatic nitrogens is 2. The van der Waals surface area contributed by atoms with Gasteiger partial charge in [-0.3, -0.25) is 14.3 Å². The van der Waals surface area contributed by atoms with Gasteiger partial charge in [0.2, 0.25) is 0 Å². The molecule has 0 saturated carbocycles. The van der Waals surface area contributed by atoms with Crippen molar-refractivity contribution >= 4 is 27.5 Å². The van der Waals surface area contributed by atoms with Crippen molar-refractivity contribution in [1.29, 1.82) is 10.5 Å². The van der Waals surface area contributed by atoms with Crippen LogP contribution in [0.5, 0.6) is 11.5 Å². The second-order valence-corrected chi connectivity index (χ2v) is 7.05. The van der Waals surface area contributed by atoms with E-state index in [1.54, 1.807) is 0 Å². The summed E-state index contributed by atoms with van der Waals surface area (Å²) in [6, 6.07) is 10.9. The van der Waals surface area contributed by atoms with Crippen molar-refractivity contribution in [3.8, 4) is 23.6 Å². The van der Waals surface area contributed by atoms with Crippen molar-refractivity contribution < 1.29 is 9.13 Å². The standard InChI is InChI=1S/C19H9BrClFN4O3/c20-14-2-1-12(8-26-9-15(21)18(27)25-19(26)28)16(22)17(14)29-13-4-10(6-23)3-11(5-13)7-24/h1-5,9H,8H2,(H,25,27,28). The SMILES string of the molecule is N#Cc1cc(C#N)cc(Oc2c(Br)ccc(Cn3cc(Cl)c(=O)[nH]c3=O)c2F)c1. The highest BCUT2D eigenvalue weighted by Gasteiger charge is 2.16. The number of benzene rings is 2. The van der Waals surface area contributed by atoms with Gasteiger partial charge in [-0.25, -0.2) is 9.18 Å². The molecule has 1 N–H and O–H groups in total. The van der Waals surface area contributed by atoms with E-state index < -0.39 is 17.1 Å². The van der Waals surface area contributed by atoms with E-state index in [4.69, 9.17) is 26.9 Å². The maximum atomic E-state index is 15.1. The molecular weight excluding hydrogens is 467 g/mol. The van der Waals surface area contributed by atoms with E-state index in [1.807, 2.05) is 17.1 Å². The molecule has 0 amide bonds. The van der Waals surface area contributed by atoms with Crippen LogP contribution >= 0.6 is 27.5 Å². The molecule has 0 saturated heterocycles. The van der Waals surface area contributed by atoms with Gasteiger partial charge in [0.25, 0.3) is 5.56 Å². The average molecular weight is 476 g/mol. The number of H-pyrrole nitrogens is 1. The van der Waals surface area contributed by atoms with E-state index in [9.17, 15) is 9.59 Å². The number of nitrogens with one attached hydrogen (secondary N) is 1. The quantitative estimate of drug-likeness (QED) is 0.619. The molecule has 0 radical (unpaired) electrons. The summed E-state index contributed by atoms with van der Waals surface area (Å²) >= 11 is 8.93. The lowest BCUT2D eigenvalue weighted by Gasteiger charge is -2.13. The number of ether oxygens (including phenoxy) is 1. The van der Waals surface area contributed by atoms with Gasteiger partial charge in [0.15, 0.2) is 11.6 Å². The van der Waals surface area contributed by atoms with Gasteiger partial charge in [-0.2, -0.15) is 10.5 Å². The lowest BCUT2D eigenvalue weighted by molar-refractivity contribution is 0.433. The second-order valence-electron chi connectivity index (χ2n) is 5.79. The molecule has 10 heteroatoms. The van der Waals surface area contributed by atoms with Crippen LogP contribution in [0.2, 0.25) is 5.02 Å².